The van der Waals surface area contributed by atoms with Gasteiger partial charge in [0.25, 0.3) is 11.6 Å². The first-order valence-corrected chi connectivity index (χ1v) is 9.85. The van der Waals surface area contributed by atoms with E-state index >= 15 is 0 Å². The fourth-order valence-corrected chi connectivity index (χ4v) is 4.79. The Balaban J connectivity index is 2.05. The van der Waals surface area contributed by atoms with Crippen LogP contribution >= 0.6 is 11.8 Å². The van der Waals surface area contributed by atoms with Crippen LogP contribution in [0, 0.1) is 21.8 Å². The molecular weight excluding hydrogens is 411 g/mol. The molecule has 0 saturated heterocycles. The zero-order chi connectivity index (χ0) is 21.6. The molecule has 0 bridgehead atoms. The lowest BCUT2D eigenvalue weighted by Crippen LogP contribution is -2.42. The highest BCUT2D eigenvalue weighted by Crippen LogP contribution is 2.57. The third-order valence-corrected chi connectivity index (χ3v) is 5.74. The third-order valence-electron chi connectivity index (χ3n) is 4.71. The molecular formula is C18H20F3N3O4S. The Hall–Kier alpha value is -2.30. The molecule has 1 amide bonds. The molecule has 0 radical (unpaired) electrons. The van der Waals surface area contributed by atoms with Gasteiger partial charge in [-0.15, -0.1) is 0 Å². The summed E-state index contributed by atoms with van der Waals surface area (Å²) in [6, 6.07) is 2.81. The number of ether oxygens (including phenoxy) is 1. The zero-order valence-corrected chi connectivity index (χ0v) is 16.8. The van der Waals surface area contributed by atoms with E-state index < -0.39 is 58.3 Å². The van der Waals surface area contributed by atoms with Crippen molar-refractivity contribution in [2.75, 3.05) is 5.75 Å². The first-order valence-electron chi connectivity index (χ1n) is 8.86. The van der Waals surface area contributed by atoms with Crippen molar-refractivity contribution in [1.82, 2.24) is 5.32 Å². The van der Waals surface area contributed by atoms with Crippen LogP contribution in [0.15, 0.2) is 23.2 Å². The SMILES string of the molecule is CC(C)(C)OC(=O)NC1=N[C@@]2(c3cc([N+](=O)[O-])ccc3F)CC(F)(F)C[C@H]2CS1. The van der Waals surface area contributed by atoms with Gasteiger partial charge in [0.2, 0.25) is 0 Å². The molecule has 2 aliphatic rings. The summed E-state index contributed by atoms with van der Waals surface area (Å²) in [5.74, 6) is -4.58. The maximum Gasteiger partial charge on any atom is 0.413 e. The number of nitrogens with one attached hydrogen (secondary N) is 1. The quantitative estimate of drug-likeness (QED) is 0.546. The minimum absolute atomic E-state index is 0.0131. The number of alkyl carbamates (subject to hydrolysis) is 1. The molecule has 0 aromatic heterocycles. The van der Waals surface area contributed by atoms with Crippen molar-refractivity contribution in [3.05, 3.63) is 39.7 Å². The van der Waals surface area contributed by atoms with Crippen molar-refractivity contribution in [1.29, 1.82) is 0 Å². The maximum absolute atomic E-state index is 14.7. The lowest BCUT2D eigenvalue weighted by atomic mass is 9.81. The van der Waals surface area contributed by atoms with Crippen LogP contribution in [0.2, 0.25) is 0 Å². The lowest BCUT2D eigenvalue weighted by Gasteiger charge is -2.36. The van der Waals surface area contributed by atoms with E-state index in [9.17, 15) is 28.1 Å². The van der Waals surface area contributed by atoms with Gasteiger partial charge < -0.3 is 4.74 Å². The van der Waals surface area contributed by atoms with Crippen LogP contribution in [0.4, 0.5) is 23.7 Å². The number of non-ortho nitro benzene ring substituents is 1. The van der Waals surface area contributed by atoms with Crippen LogP contribution in [0.1, 0.15) is 39.2 Å². The molecule has 1 saturated carbocycles. The number of nitro groups is 1. The highest BCUT2D eigenvalue weighted by molar-refractivity contribution is 8.13. The summed E-state index contributed by atoms with van der Waals surface area (Å²) in [5, 5.41) is 13.6. The summed E-state index contributed by atoms with van der Waals surface area (Å²) in [6.45, 7) is 4.99. The van der Waals surface area contributed by atoms with Gasteiger partial charge in [0.05, 0.1) is 4.92 Å². The molecule has 158 valence electrons. The largest absolute Gasteiger partial charge is 0.444 e. The van der Waals surface area contributed by atoms with Gasteiger partial charge >= 0.3 is 6.09 Å². The molecule has 2 atom stereocenters. The number of thioether (sulfide) groups is 1. The van der Waals surface area contributed by atoms with Gasteiger partial charge in [-0.2, -0.15) is 0 Å². The Bertz CT molecular complexity index is 888. The molecule has 1 aliphatic heterocycles. The molecule has 1 fully saturated rings. The zero-order valence-electron chi connectivity index (χ0n) is 16.0. The Morgan fingerprint density at radius 3 is 2.72 bits per heavy atom. The van der Waals surface area contributed by atoms with E-state index in [1.807, 2.05) is 0 Å². The number of nitro benzene ring substituents is 1. The van der Waals surface area contributed by atoms with Crippen LogP contribution in [-0.2, 0) is 10.3 Å². The summed E-state index contributed by atoms with van der Waals surface area (Å²) in [6.07, 6.45) is -2.14. The van der Waals surface area contributed by atoms with E-state index in [-0.39, 0.29) is 16.5 Å². The Kier molecular flexibility index (Phi) is 5.31. The van der Waals surface area contributed by atoms with Crippen molar-refractivity contribution >= 4 is 28.7 Å². The van der Waals surface area contributed by atoms with Crippen LogP contribution in [0.25, 0.3) is 0 Å². The minimum atomic E-state index is -3.12. The van der Waals surface area contributed by atoms with E-state index in [2.05, 4.69) is 10.3 Å². The molecule has 1 aliphatic carbocycles. The molecule has 0 spiro atoms. The van der Waals surface area contributed by atoms with Crippen molar-refractivity contribution in [2.45, 2.75) is 50.7 Å². The predicted octanol–water partition coefficient (Wildman–Crippen LogP) is 4.60. The van der Waals surface area contributed by atoms with E-state index in [4.69, 9.17) is 4.74 Å². The lowest BCUT2D eigenvalue weighted by molar-refractivity contribution is -0.385. The van der Waals surface area contributed by atoms with Crippen LogP contribution < -0.4 is 5.32 Å². The molecule has 3 rings (SSSR count). The van der Waals surface area contributed by atoms with Crippen LogP contribution in [0.5, 0.6) is 0 Å². The number of carbonyl (C=O) groups excluding carboxylic acids is 1. The predicted molar refractivity (Wildman–Crippen MR) is 102 cm³/mol. The topological polar surface area (TPSA) is 93.8 Å². The summed E-state index contributed by atoms with van der Waals surface area (Å²) < 4.78 is 48.5. The minimum Gasteiger partial charge on any atom is -0.444 e. The maximum atomic E-state index is 14.7. The normalized spacial score (nSPS) is 25.7. The third kappa shape index (κ3) is 4.49. The van der Waals surface area contributed by atoms with Gasteiger partial charge in [0, 0.05) is 42.2 Å². The number of fused-ring (bicyclic) bond motifs is 1. The molecule has 0 unspecified atom stereocenters. The van der Waals surface area contributed by atoms with Crippen molar-refractivity contribution in [2.24, 2.45) is 10.9 Å². The van der Waals surface area contributed by atoms with Gasteiger partial charge in [-0.1, -0.05) is 11.8 Å². The number of hydrogen-bond donors (Lipinski definition) is 1. The van der Waals surface area contributed by atoms with E-state index in [0.29, 0.717) is 0 Å². The fourth-order valence-electron chi connectivity index (χ4n) is 3.65. The first kappa shape index (κ1) is 21.4. The molecule has 7 nitrogen and oxygen atoms in total. The number of alkyl halides is 2. The van der Waals surface area contributed by atoms with Crippen molar-refractivity contribution < 1.29 is 27.6 Å². The average Bonchev–Trinajstić information content (AvgIpc) is 2.83. The Morgan fingerprint density at radius 2 is 2.10 bits per heavy atom. The number of aliphatic imine (C=N–C) groups is 1. The highest BCUT2D eigenvalue weighted by Gasteiger charge is 2.59. The number of carbonyl (C=O) groups is 1. The van der Waals surface area contributed by atoms with Crippen molar-refractivity contribution in [3.63, 3.8) is 0 Å². The second-order valence-corrected chi connectivity index (χ2v) is 9.14. The molecule has 1 aromatic carbocycles. The van der Waals surface area contributed by atoms with Gasteiger partial charge in [-0.25, -0.2) is 23.0 Å². The van der Waals surface area contributed by atoms with Crippen LogP contribution in [0.3, 0.4) is 0 Å². The van der Waals surface area contributed by atoms with Crippen LogP contribution in [-0.4, -0.2) is 33.5 Å². The fraction of sp³-hybridized carbons (Fsp3) is 0.556. The number of hydrogen-bond acceptors (Lipinski definition) is 6. The van der Waals surface area contributed by atoms with Gasteiger partial charge in [0.1, 0.15) is 17.0 Å². The van der Waals surface area contributed by atoms with Gasteiger partial charge in [-0.05, 0) is 26.8 Å². The number of halogens is 3. The van der Waals surface area contributed by atoms with E-state index in [1.54, 1.807) is 20.8 Å². The van der Waals surface area contributed by atoms with E-state index in [1.165, 1.54) is 0 Å². The standard InChI is InChI=1S/C18H20F3N3O4S/c1-16(2,3)28-15(25)22-14-23-18(9-17(20,21)7-10(18)8-29-14)12-6-11(24(26)27)4-5-13(12)19/h4-6,10H,7-9H2,1-3H3,(H,22,23,25)/t10-,18-/m0/s1. The smallest absolute Gasteiger partial charge is 0.413 e. The highest BCUT2D eigenvalue weighted by atomic mass is 32.2. The number of rotatable bonds is 2. The van der Waals surface area contributed by atoms with Gasteiger partial charge in [0.15, 0.2) is 5.17 Å². The molecule has 1 heterocycles. The summed E-state index contributed by atoms with van der Waals surface area (Å²) in [4.78, 5) is 26.8. The van der Waals surface area contributed by atoms with Crippen molar-refractivity contribution in [3.8, 4) is 0 Å². The molecule has 29 heavy (non-hydrogen) atoms. The van der Waals surface area contributed by atoms with Gasteiger partial charge in [-0.3, -0.25) is 15.4 Å². The number of benzene rings is 1. The number of nitrogens with zero attached hydrogens (tertiary/aromatic N) is 2. The summed E-state index contributed by atoms with van der Waals surface area (Å²) >= 11 is 1.05. The monoisotopic (exact) mass is 431 g/mol. The summed E-state index contributed by atoms with van der Waals surface area (Å²) in [5.41, 5.74) is -3.18. The first-order chi connectivity index (χ1) is 13.3. The molecule has 1 N–H and O–H groups in total. The second kappa shape index (κ2) is 7.19. The average molecular weight is 431 g/mol. The Labute approximate surface area is 169 Å². The summed E-state index contributed by atoms with van der Waals surface area (Å²) in [7, 11) is 0. The van der Waals surface area contributed by atoms with E-state index in [0.717, 1.165) is 30.0 Å². The number of amidine groups is 1. The second-order valence-electron chi connectivity index (χ2n) is 8.13. The number of amides is 1. The Morgan fingerprint density at radius 1 is 1.41 bits per heavy atom. The molecule has 11 heteroatoms. The molecule has 1 aromatic rings.